The molecule has 192 valence electrons. The second-order valence-corrected chi connectivity index (χ2v) is 10.4. The van der Waals surface area contributed by atoms with Crippen molar-refractivity contribution in [3.8, 4) is 11.5 Å². The SMILES string of the molecule is C[C@@H]1CC(=O)N1[C@@H](C(=O)O)[C@](C)(/C=N/OC1CCN(C(=O)c2ccc(O)c(O)c2Cl)CC1)S(=O)O. The Morgan fingerprint density at radius 1 is 1.31 bits per heavy atom. The van der Waals surface area contributed by atoms with Crippen LogP contribution >= 0.6 is 11.6 Å². The molecule has 0 radical (unpaired) electrons. The number of rotatable bonds is 8. The van der Waals surface area contributed by atoms with Crippen molar-refractivity contribution in [1.29, 1.82) is 0 Å². The van der Waals surface area contributed by atoms with E-state index >= 15 is 0 Å². The van der Waals surface area contributed by atoms with Crippen molar-refractivity contribution in [3.05, 3.63) is 22.7 Å². The molecule has 3 rings (SSSR count). The zero-order chi connectivity index (χ0) is 26.1. The lowest BCUT2D eigenvalue weighted by atomic mass is 9.92. The minimum Gasteiger partial charge on any atom is -0.504 e. The van der Waals surface area contributed by atoms with Gasteiger partial charge in [-0.15, -0.1) is 0 Å². The smallest absolute Gasteiger partial charge is 0.328 e. The van der Waals surface area contributed by atoms with Gasteiger partial charge in [-0.1, -0.05) is 16.8 Å². The number of piperidine rings is 1. The van der Waals surface area contributed by atoms with Crippen molar-refractivity contribution >= 4 is 46.7 Å². The van der Waals surface area contributed by atoms with Crippen LogP contribution in [0.3, 0.4) is 0 Å². The highest BCUT2D eigenvalue weighted by molar-refractivity contribution is 7.81. The number of nitrogens with zero attached hydrogens (tertiary/aromatic N) is 3. The van der Waals surface area contributed by atoms with Gasteiger partial charge >= 0.3 is 5.97 Å². The van der Waals surface area contributed by atoms with Gasteiger partial charge in [0.05, 0.1) is 16.8 Å². The fraction of sp³-hybridized carbons (Fsp3) is 0.524. The first-order valence-corrected chi connectivity index (χ1v) is 12.2. The quantitative estimate of drug-likeness (QED) is 0.127. The number of carbonyl (C=O) groups is 3. The predicted octanol–water partition coefficient (Wildman–Crippen LogP) is 1.41. The van der Waals surface area contributed by atoms with E-state index in [-0.39, 0.29) is 30.1 Å². The molecule has 12 nitrogen and oxygen atoms in total. The molecule has 0 spiro atoms. The first kappa shape index (κ1) is 26.7. The Morgan fingerprint density at radius 2 is 1.94 bits per heavy atom. The lowest BCUT2D eigenvalue weighted by molar-refractivity contribution is -0.161. The molecule has 2 aliphatic rings. The monoisotopic (exact) mass is 531 g/mol. The molecule has 2 aliphatic heterocycles. The molecule has 14 heteroatoms. The number of phenolic OH excluding ortho intramolecular Hbond substituents is 2. The summed E-state index contributed by atoms with van der Waals surface area (Å²) in [5.74, 6) is -3.33. The molecule has 35 heavy (non-hydrogen) atoms. The van der Waals surface area contributed by atoms with E-state index in [1.54, 1.807) is 6.92 Å². The van der Waals surface area contributed by atoms with Crippen molar-refractivity contribution in [1.82, 2.24) is 9.80 Å². The fourth-order valence-corrected chi connectivity index (χ4v) is 4.89. The maximum atomic E-state index is 12.7. The number of amides is 2. The summed E-state index contributed by atoms with van der Waals surface area (Å²) in [6.45, 7) is 3.38. The van der Waals surface area contributed by atoms with E-state index in [9.17, 15) is 38.5 Å². The van der Waals surface area contributed by atoms with Gasteiger partial charge in [-0.2, -0.15) is 0 Å². The van der Waals surface area contributed by atoms with Crippen LogP contribution in [0.25, 0.3) is 0 Å². The predicted molar refractivity (Wildman–Crippen MR) is 125 cm³/mol. The van der Waals surface area contributed by atoms with E-state index in [0.717, 1.165) is 11.1 Å². The van der Waals surface area contributed by atoms with Crippen LogP contribution in [-0.4, -0.2) is 93.9 Å². The summed E-state index contributed by atoms with van der Waals surface area (Å²) in [4.78, 5) is 44.6. The van der Waals surface area contributed by atoms with Crippen LogP contribution in [-0.2, 0) is 25.5 Å². The van der Waals surface area contributed by atoms with E-state index in [1.165, 1.54) is 24.0 Å². The molecule has 2 fully saturated rings. The lowest BCUT2D eigenvalue weighted by Gasteiger charge is -2.46. The van der Waals surface area contributed by atoms with Crippen LogP contribution in [0.15, 0.2) is 17.3 Å². The summed E-state index contributed by atoms with van der Waals surface area (Å²) in [5, 5.41) is 32.4. The Hall–Kier alpha value is -2.90. The molecule has 1 unspecified atom stereocenters. The average Bonchev–Trinajstić information content (AvgIpc) is 2.80. The highest BCUT2D eigenvalue weighted by Gasteiger charge is 2.53. The number of carboxylic acids is 1. The number of halogens is 1. The Bertz CT molecular complexity index is 1080. The third-order valence-corrected chi connectivity index (χ3v) is 7.70. The molecule has 2 amide bonds. The summed E-state index contributed by atoms with van der Waals surface area (Å²) >= 11 is 3.28. The summed E-state index contributed by atoms with van der Waals surface area (Å²) in [5.41, 5.74) is 0.0371. The highest BCUT2D eigenvalue weighted by Crippen LogP contribution is 2.36. The molecular weight excluding hydrogens is 506 g/mol. The average molecular weight is 532 g/mol. The minimum atomic E-state index is -2.69. The van der Waals surface area contributed by atoms with E-state index in [4.69, 9.17) is 16.4 Å². The van der Waals surface area contributed by atoms with Gasteiger partial charge in [-0.25, -0.2) is 9.00 Å². The van der Waals surface area contributed by atoms with Gasteiger partial charge in [0.1, 0.15) is 10.9 Å². The minimum absolute atomic E-state index is 0.0371. The van der Waals surface area contributed by atoms with Gasteiger partial charge in [0.15, 0.2) is 28.6 Å². The summed E-state index contributed by atoms with van der Waals surface area (Å²) in [6, 6.07) is 0.472. The number of hydrogen-bond acceptors (Lipinski definition) is 8. The number of aromatic hydroxyl groups is 2. The topological polar surface area (TPSA) is 177 Å². The molecule has 2 saturated heterocycles. The number of phenols is 2. The molecular formula is C21H26ClN3O9S. The van der Waals surface area contributed by atoms with E-state index < -0.39 is 63.3 Å². The van der Waals surface area contributed by atoms with E-state index in [0.29, 0.717) is 12.8 Å². The van der Waals surface area contributed by atoms with Crippen LogP contribution in [0.2, 0.25) is 5.02 Å². The van der Waals surface area contributed by atoms with Crippen molar-refractivity contribution < 1.29 is 43.3 Å². The van der Waals surface area contributed by atoms with Gasteiger partial charge in [-0.3, -0.25) is 9.59 Å². The fourth-order valence-electron chi connectivity index (χ4n) is 4.12. The van der Waals surface area contributed by atoms with Crippen molar-refractivity contribution in [2.24, 2.45) is 5.16 Å². The molecule has 0 aromatic heterocycles. The van der Waals surface area contributed by atoms with Crippen LogP contribution < -0.4 is 0 Å². The van der Waals surface area contributed by atoms with Gasteiger partial charge in [0.2, 0.25) is 5.91 Å². The van der Waals surface area contributed by atoms with Crippen LogP contribution in [0.4, 0.5) is 0 Å². The number of β-lactam (4-membered cyclic amide) rings is 1. The maximum Gasteiger partial charge on any atom is 0.328 e. The zero-order valence-electron chi connectivity index (χ0n) is 19.0. The summed E-state index contributed by atoms with van der Waals surface area (Å²) in [7, 11) is 0. The number of oxime groups is 1. The third-order valence-electron chi connectivity index (χ3n) is 6.24. The molecule has 0 bridgehead atoms. The second-order valence-electron chi connectivity index (χ2n) is 8.65. The van der Waals surface area contributed by atoms with E-state index in [1.807, 2.05) is 0 Å². The van der Waals surface area contributed by atoms with E-state index in [2.05, 4.69) is 5.16 Å². The van der Waals surface area contributed by atoms with Crippen molar-refractivity contribution in [3.63, 3.8) is 0 Å². The maximum absolute atomic E-state index is 12.7. The molecule has 4 atom stereocenters. The number of aliphatic carboxylic acids is 1. The van der Waals surface area contributed by atoms with Crippen LogP contribution in [0, 0.1) is 0 Å². The van der Waals surface area contributed by atoms with Crippen molar-refractivity contribution in [2.75, 3.05) is 13.1 Å². The van der Waals surface area contributed by atoms with Gasteiger partial charge in [0, 0.05) is 38.4 Å². The highest BCUT2D eigenvalue weighted by atomic mass is 35.5. The molecule has 1 aromatic rings. The van der Waals surface area contributed by atoms with Gasteiger partial charge in [-0.05, 0) is 26.0 Å². The molecule has 0 saturated carbocycles. The zero-order valence-corrected chi connectivity index (χ0v) is 20.5. The number of benzene rings is 1. The Labute approximate surface area is 208 Å². The van der Waals surface area contributed by atoms with Crippen LogP contribution in [0.5, 0.6) is 11.5 Å². The first-order valence-electron chi connectivity index (χ1n) is 10.7. The largest absolute Gasteiger partial charge is 0.504 e. The molecule has 0 aliphatic carbocycles. The third kappa shape index (κ3) is 5.21. The first-order chi connectivity index (χ1) is 16.4. The second kappa shape index (κ2) is 10.4. The summed E-state index contributed by atoms with van der Waals surface area (Å²) in [6.07, 6.45) is 1.35. The Morgan fingerprint density at radius 3 is 2.46 bits per heavy atom. The number of carbonyl (C=O) groups excluding carboxylic acids is 2. The molecule has 2 heterocycles. The van der Waals surface area contributed by atoms with Crippen LogP contribution in [0.1, 0.15) is 43.5 Å². The number of hydrogen-bond donors (Lipinski definition) is 4. The Balaban J connectivity index is 1.64. The normalized spacial score (nSPS) is 22.4. The Kier molecular flexibility index (Phi) is 7.92. The lowest BCUT2D eigenvalue weighted by Crippen LogP contribution is -2.67. The van der Waals surface area contributed by atoms with Gasteiger partial charge in [0.25, 0.3) is 5.91 Å². The number of likely N-dealkylation sites (tertiary alicyclic amines) is 2. The summed E-state index contributed by atoms with van der Waals surface area (Å²) < 4.78 is 20.0. The molecule has 1 aromatic carbocycles. The standard InChI is InChI=1S/C21H26ClN3O9S/c1-11-9-15(27)25(11)18(20(30)31)21(2,35(32)33)10-23-34-12-5-7-24(8-6-12)19(29)13-3-4-14(26)17(28)16(13)22/h3-4,10-12,18,26,28H,5-9H2,1-2H3,(H,30,31)(H,32,33)/b23-10+/t11-,18+,21+/m1/s1. The van der Waals surface area contributed by atoms with Crippen molar-refractivity contribution in [2.45, 2.75) is 56.0 Å². The molecule has 4 N–H and O–H groups in total. The van der Waals surface area contributed by atoms with Gasteiger partial charge < -0.3 is 34.5 Å². The number of carboxylic acid groups (broad SMARTS) is 1.